The Hall–Kier alpha value is -2.55. The van der Waals surface area contributed by atoms with E-state index < -0.39 is 24.1 Å². The first-order valence-electron chi connectivity index (χ1n) is 8.51. The molecule has 2 bridgehead atoms. The van der Waals surface area contributed by atoms with Crippen molar-refractivity contribution in [2.45, 2.75) is 37.7 Å². The first kappa shape index (κ1) is 18.8. The largest absolute Gasteiger partial charge is 0.573 e. The Bertz CT molecular complexity index is 938. The van der Waals surface area contributed by atoms with Crippen LogP contribution < -0.4 is 10.1 Å². The average Bonchev–Trinajstić information content (AvgIpc) is 2.93. The molecular formula is C18H14ClF4N3O2. The maximum Gasteiger partial charge on any atom is 0.573 e. The average molecular weight is 416 g/mol. The first-order valence-corrected chi connectivity index (χ1v) is 8.88. The van der Waals surface area contributed by atoms with Crippen LogP contribution in [0.4, 0.5) is 28.0 Å². The monoisotopic (exact) mass is 415 g/mol. The molecule has 1 saturated heterocycles. The second-order valence-electron chi connectivity index (χ2n) is 6.65. The van der Waals surface area contributed by atoms with Gasteiger partial charge in [0.25, 0.3) is 0 Å². The van der Waals surface area contributed by atoms with Crippen molar-refractivity contribution in [2.24, 2.45) is 0 Å². The standard InChI is InChI=1S/C18H14ClF4N3O2/c19-13-7-9(1-4-15(13)28-18(21,22)23)25-17(27)26-10-2-3-14(26)11-5-6-24-16(20)12(11)8-10/h1,4-7,10,14H,2-3,8H2,(H,25,27)/t10-,14+/m1/s1. The molecule has 2 aliphatic rings. The number of hydrogen-bond acceptors (Lipinski definition) is 3. The fourth-order valence-electron chi connectivity index (χ4n) is 3.90. The molecule has 1 aromatic heterocycles. The van der Waals surface area contributed by atoms with Gasteiger partial charge < -0.3 is 15.0 Å². The molecule has 1 fully saturated rings. The molecule has 3 heterocycles. The van der Waals surface area contributed by atoms with E-state index in [0.29, 0.717) is 18.4 Å². The zero-order valence-electron chi connectivity index (χ0n) is 14.3. The minimum absolute atomic E-state index is 0.167. The molecule has 148 valence electrons. The van der Waals surface area contributed by atoms with Crippen molar-refractivity contribution in [3.63, 3.8) is 0 Å². The summed E-state index contributed by atoms with van der Waals surface area (Å²) >= 11 is 5.82. The first-order chi connectivity index (χ1) is 13.2. The van der Waals surface area contributed by atoms with E-state index in [9.17, 15) is 22.4 Å². The molecule has 0 saturated carbocycles. The predicted molar refractivity (Wildman–Crippen MR) is 92.7 cm³/mol. The van der Waals surface area contributed by atoms with Crippen molar-refractivity contribution in [3.05, 3.63) is 52.6 Å². The van der Waals surface area contributed by atoms with Crippen LogP contribution in [0.1, 0.15) is 30.0 Å². The van der Waals surface area contributed by atoms with Crippen molar-refractivity contribution < 1.29 is 27.1 Å². The smallest absolute Gasteiger partial charge is 0.404 e. The van der Waals surface area contributed by atoms with Gasteiger partial charge in [-0.1, -0.05) is 11.6 Å². The van der Waals surface area contributed by atoms with Gasteiger partial charge in [0.2, 0.25) is 5.95 Å². The number of pyridine rings is 1. The van der Waals surface area contributed by atoms with Gasteiger partial charge in [0, 0.05) is 23.5 Å². The number of aromatic nitrogens is 1. The third kappa shape index (κ3) is 3.46. The molecule has 2 atom stereocenters. The number of nitrogens with one attached hydrogen (secondary N) is 1. The van der Waals surface area contributed by atoms with Gasteiger partial charge in [-0.2, -0.15) is 4.39 Å². The normalized spacial score (nSPS) is 20.7. The number of carbonyl (C=O) groups is 1. The minimum Gasteiger partial charge on any atom is -0.404 e. The number of amides is 2. The van der Waals surface area contributed by atoms with Gasteiger partial charge in [0.1, 0.15) is 5.75 Å². The third-order valence-corrected chi connectivity index (χ3v) is 5.28. The Kier molecular flexibility index (Phi) is 4.57. The number of halogens is 5. The molecule has 1 N–H and O–H groups in total. The number of alkyl halides is 3. The summed E-state index contributed by atoms with van der Waals surface area (Å²) in [4.78, 5) is 18.1. The van der Waals surface area contributed by atoms with E-state index >= 15 is 0 Å². The summed E-state index contributed by atoms with van der Waals surface area (Å²) in [6.07, 6.45) is -1.68. The minimum atomic E-state index is -4.86. The fraction of sp³-hybridized carbons (Fsp3) is 0.333. The summed E-state index contributed by atoms with van der Waals surface area (Å²) in [6, 6.07) is 4.35. The molecule has 0 spiro atoms. The topological polar surface area (TPSA) is 54.5 Å². The van der Waals surface area contributed by atoms with E-state index in [0.717, 1.165) is 18.1 Å². The summed E-state index contributed by atoms with van der Waals surface area (Å²) in [6.45, 7) is 0. The third-order valence-electron chi connectivity index (χ3n) is 4.98. The molecule has 2 aliphatic heterocycles. The fourth-order valence-corrected chi connectivity index (χ4v) is 4.12. The zero-order chi connectivity index (χ0) is 20.1. The lowest BCUT2D eigenvalue weighted by Gasteiger charge is -2.36. The second kappa shape index (κ2) is 6.80. The summed E-state index contributed by atoms with van der Waals surface area (Å²) in [7, 11) is 0. The number of nitrogens with zero attached hydrogens (tertiary/aromatic N) is 2. The number of urea groups is 1. The van der Waals surface area contributed by atoms with Gasteiger partial charge in [-0.3, -0.25) is 0 Å². The van der Waals surface area contributed by atoms with Gasteiger partial charge >= 0.3 is 12.4 Å². The van der Waals surface area contributed by atoms with Crippen LogP contribution in [0.5, 0.6) is 5.75 Å². The molecule has 2 amide bonds. The Morgan fingerprint density at radius 3 is 2.79 bits per heavy atom. The Morgan fingerprint density at radius 2 is 2.07 bits per heavy atom. The Morgan fingerprint density at radius 1 is 1.29 bits per heavy atom. The molecule has 0 radical (unpaired) electrons. The maximum absolute atomic E-state index is 14.0. The van der Waals surface area contributed by atoms with Crippen LogP contribution in [0.2, 0.25) is 5.02 Å². The molecule has 1 aromatic carbocycles. The second-order valence-corrected chi connectivity index (χ2v) is 7.06. The van der Waals surface area contributed by atoms with Crippen LogP contribution in [0.25, 0.3) is 0 Å². The summed E-state index contributed by atoms with van der Waals surface area (Å²) in [5.41, 5.74) is 1.51. The molecule has 5 nitrogen and oxygen atoms in total. The van der Waals surface area contributed by atoms with E-state index in [-0.39, 0.29) is 22.8 Å². The number of fused-ring (bicyclic) bond motifs is 4. The van der Waals surface area contributed by atoms with Crippen molar-refractivity contribution >= 4 is 23.3 Å². The highest BCUT2D eigenvalue weighted by Gasteiger charge is 2.43. The van der Waals surface area contributed by atoms with Crippen LogP contribution in [0.15, 0.2) is 30.5 Å². The highest BCUT2D eigenvalue weighted by molar-refractivity contribution is 6.32. The van der Waals surface area contributed by atoms with Crippen molar-refractivity contribution in [2.75, 3.05) is 5.32 Å². The van der Waals surface area contributed by atoms with Crippen molar-refractivity contribution in [1.82, 2.24) is 9.88 Å². The SMILES string of the molecule is O=C(Nc1ccc(OC(F)(F)F)c(Cl)c1)N1[C@@H]2CC[C@H]1c1ccnc(F)c1C2. The van der Waals surface area contributed by atoms with E-state index in [1.54, 1.807) is 11.0 Å². The summed E-state index contributed by atoms with van der Waals surface area (Å²) in [5, 5.41) is 2.36. The maximum atomic E-state index is 14.0. The Balaban J connectivity index is 1.53. The van der Waals surface area contributed by atoms with Crippen LogP contribution in [-0.4, -0.2) is 28.3 Å². The van der Waals surface area contributed by atoms with Crippen molar-refractivity contribution in [3.8, 4) is 5.75 Å². The number of hydrogen-bond donors (Lipinski definition) is 1. The quantitative estimate of drug-likeness (QED) is 0.550. The molecule has 28 heavy (non-hydrogen) atoms. The molecule has 0 unspecified atom stereocenters. The predicted octanol–water partition coefficient (Wildman–Crippen LogP) is 5.07. The lowest BCUT2D eigenvalue weighted by molar-refractivity contribution is -0.274. The van der Waals surface area contributed by atoms with Crippen LogP contribution in [0, 0.1) is 5.95 Å². The molecular weight excluding hydrogens is 402 g/mol. The van der Waals surface area contributed by atoms with Gasteiger partial charge in [0.05, 0.1) is 11.1 Å². The molecule has 10 heteroatoms. The van der Waals surface area contributed by atoms with Gasteiger partial charge in [-0.15, -0.1) is 13.2 Å². The van der Waals surface area contributed by atoms with E-state index in [1.807, 2.05) is 0 Å². The van der Waals surface area contributed by atoms with Gasteiger partial charge in [0.15, 0.2) is 0 Å². The summed E-state index contributed by atoms with van der Waals surface area (Å²) in [5.74, 6) is -1.07. The summed E-state index contributed by atoms with van der Waals surface area (Å²) < 4.78 is 54.8. The lowest BCUT2D eigenvalue weighted by Crippen LogP contribution is -2.44. The van der Waals surface area contributed by atoms with E-state index in [1.165, 1.54) is 18.3 Å². The number of anilines is 1. The molecule has 2 aromatic rings. The van der Waals surface area contributed by atoms with Gasteiger partial charge in [-0.25, -0.2) is 9.78 Å². The number of benzene rings is 1. The van der Waals surface area contributed by atoms with Crippen LogP contribution in [0.3, 0.4) is 0 Å². The van der Waals surface area contributed by atoms with E-state index in [4.69, 9.17) is 11.6 Å². The van der Waals surface area contributed by atoms with Crippen LogP contribution in [-0.2, 0) is 6.42 Å². The highest BCUT2D eigenvalue weighted by Crippen LogP contribution is 2.44. The van der Waals surface area contributed by atoms with Crippen molar-refractivity contribution in [1.29, 1.82) is 0 Å². The highest BCUT2D eigenvalue weighted by atomic mass is 35.5. The number of rotatable bonds is 2. The van der Waals surface area contributed by atoms with Crippen LogP contribution >= 0.6 is 11.6 Å². The zero-order valence-corrected chi connectivity index (χ0v) is 15.0. The number of ether oxygens (including phenoxy) is 1. The number of carbonyl (C=O) groups excluding carboxylic acids is 1. The van der Waals surface area contributed by atoms with E-state index in [2.05, 4.69) is 15.0 Å². The lowest BCUT2D eigenvalue weighted by atomic mass is 9.95. The van der Waals surface area contributed by atoms with Gasteiger partial charge in [-0.05, 0) is 49.1 Å². The molecule has 0 aliphatic carbocycles. The Labute approximate surface area is 162 Å². The molecule has 4 rings (SSSR count).